The molecule has 3 rings (SSSR count). The first kappa shape index (κ1) is 66.0. The molecule has 2 aromatic carbocycles. The zero-order valence-electron chi connectivity index (χ0n) is 45.7. The number of ketones is 3. The molecule has 6 amide bonds. The molecule has 432 valence electrons. The molecule has 0 spiro atoms. The predicted molar refractivity (Wildman–Crippen MR) is 291 cm³/mol. The summed E-state index contributed by atoms with van der Waals surface area (Å²) in [6.07, 6.45) is 0.523. The molecule has 1 heterocycles. The fraction of sp³-hybridized carbons (Fsp3) is 0.518. The van der Waals surface area contributed by atoms with Crippen molar-refractivity contribution in [2.75, 3.05) is 24.6 Å². The Kier molecular flexibility index (Phi) is 27.2. The van der Waals surface area contributed by atoms with Gasteiger partial charge in [-0.05, 0) is 74.8 Å². The maximum absolute atomic E-state index is 15.4. The third kappa shape index (κ3) is 23.7. The monoisotopic (exact) mass is 1120 g/mol. The number of aliphatic carboxylic acids is 2. The van der Waals surface area contributed by atoms with Gasteiger partial charge in [-0.25, -0.2) is 13.6 Å². The first-order valence-electron chi connectivity index (χ1n) is 26.2. The first-order chi connectivity index (χ1) is 37.2. The molecule has 0 fully saturated rings. The van der Waals surface area contributed by atoms with E-state index in [1.54, 1.807) is 17.2 Å². The zero-order valence-corrected chi connectivity index (χ0v) is 46.5. The lowest BCUT2D eigenvalue weighted by molar-refractivity contribution is -0.143. The van der Waals surface area contributed by atoms with Crippen molar-refractivity contribution in [2.24, 2.45) is 17.1 Å². The SMILES string of the molecule is CC(=O)CCCC(=O)N[C@@H](C)C(=O)C[C@H](C)C(=O)N[C@@H](CC(N)=O)C(=O)CCCCN(C(=O)CSCCC(=O)NCCC(=O)N[C@@H](CCC(=O)O)C(=O)O)[C@@H](c1cc(-c2cc(F)ccc2F)cn1Cc1ccccc1)C(C)(C)C. The Balaban J connectivity index is 1.83. The number of hydrogen-bond donors (Lipinski definition) is 7. The zero-order chi connectivity index (χ0) is 59.0. The number of unbranched alkanes of at least 4 members (excludes halogenated alkanes) is 1. The Morgan fingerprint density at radius 3 is 2.06 bits per heavy atom. The molecule has 0 radical (unpaired) electrons. The van der Waals surface area contributed by atoms with E-state index in [2.05, 4.69) is 21.3 Å². The highest BCUT2D eigenvalue weighted by Gasteiger charge is 2.37. The lowest BCUT2D eigenvalue weighted by Crippen LogP contribution is -2.46. The number of benzene rings is 2. The van der Waals surface area contributed by atoms with E-state index >= 15 is 4.39 Å². The Labute approximate surface area is 463 Å². The number of halogens is 2. The van der Waals surface area contributed by atoms with E-state index < -0.39 is 113 Å². The van der Waals surface area contributed by atoms with Gasteiger partial charge in [0.05, 0.1) is 30.3 Å². The molecule has 23 heteroatoms. The van der Waals surface area contributed by atoms with Crippen LogP contribution in [0.1, 0.15) is 136 Å². The summed E-state index contributed by atoms with van der Waals surface area (Å²) in [5, 5.41) is 28.1. The summed E-state index contributed by atoms with van der Waals surface area (Å²) in [7, 11) is 0. The largest absolute Gasteiger partial charge is 0.481 e. The smallest absolute Gasteiger partial charge is 0.326 e. The van der Waals surface area contributed by atoms with Gasteiger partial charge in [-0.2, -0.15) is 11.8 Å². The van der Waals surface area contributed by atoms with E-state index in [0.717, 1.165) is 35.5 Å². The van der Waals surface area contributed by atoms with Gasteiger partial charge in [0, 0.05) is 99.3 Å². The van der Waals surface area contributed by atoms with Gasteiger partial charge in [0.1, 0.15) is 23.5 Å². The first-order valence-corrected chi connectivity index (χ1v) is 27.3. The van der Waals surface area contributed by atoms with Gasteiger partial charge >= 0.3 is 11.9 Å². The quantitative estimate of drug-likeness (QED) is 0.0358. The highest BCUT2D eigenvalue weighted by atomic mass is 32.2. The second kappa shape index (κ2) is 32.6. The number of carboxylic acids is 2. The van der Waals surface area contributed by atoms with Crippen LogP contribution in [0.3, 0.4) is 0 Å². The number of nitrogens with zero attached hydrogens (tertiary/aromatic N) is 2. The van der Waals surface area contributed by atoms with Crippen LogP contribution in [0.25, 0.3) is 11.1 Å². The molecular weight excluding hydrogens is 1050 g/mol. The van der Waals surface area contributed by atoms with Crippen LogP contribution in [-0.4, -0.2) is 127 Å². The third-order valence-corrected chi connectivity index (χ3v) is 13.6. The molecular formula is C56H75F2N7O13S. The molecule has 0 aliphatic carbocycles. The highest BCUT2D eigenvalue weighted by molar-refractivity contribution is 7.99. The number of aromatic nitrogens is 1. The van der Waals surface area contributed by atoms with Gasteiger partial charge in [-0.15, -0.1) is 0 Å². The van der Waals surface area contributed by atoms with Crippen molar-refractivity contribution in [2.45, 2.75) is 149 Å². The van der Waals surface area contributed by atoms with E-state index in [-0.39, 0.29) is 106 Å². The topological polar surface area (TPSA) is 311 Å². The Morgan fingerprint density at radius 1 is 0.747 bits per heavy atom. The Morgan fingerprint density at radius 2 is 1.43 bits per heavy atom. The minimum atomic E-state index is -1.42. The molecule has 0 saturated heterocycles. The van der Waals surface area contributed by atoms with E-state index in [4.69, 9.17) is 10.8 Å². The highest BCUT2D eigenvalue weighted by Crippen LogP contribution is 2.41. The molecule has 0 saturated carbocycles. The average Bonchev–Trinajstić information content (AvgIpc) is 3.94. The van der Waals surface area contributed by atoms with Crippen LogP contribution in [0, 0.1) is 23.0 Å². The second-order valence-electron chi connectivity index (χ2n) is 20.6. The van der Waals surface area contributed by atoms with Crippen LogP contribution in [0.15, 0.2) is 60.8 Å². The molecule has 20 nitrogen and oxygen atoms in total. The summed E-state index contributed by atoms with van der Waals surface area (Å²) in [4.78, 5) is 140. The summed E-state index contributed by atoms with van der Waals surface area (Å²) >= 11 is 1.15. The number of rotatable bonds is 36. The predicted octanol–water partition coefficient (Wildman–Crippen LogP) is 5.42. The second-order valence-corrected chi connectivity index (χ2v) is 21.7. The lowest BCUT2D eigenvalue weighted by atomic mass is 9.82. The molecule has 3 aromatic rings. The van der Waals surface area contributed by atoms with Gasteiger partial charge in [0.25, 0.3) is 0 Å². The Bertz CT molecular complexity index is 2640. The molecule has 1 aromatic heterocycles. The molecule has 0 bridgehead atoms. The number of hydrogen-bond acceptors (Lipinski definition) is 12. The van der Waals surface area contributed by atoms with Gasteiger partial charge in [0.2, 0.25) is 35.4 Å². The van der Waals surface area contributed by atoms with E-state index in [9.17, 15) is 62.2 Å². The third-order valence-electron chi connectivity index (χ3n) is 12.7. The van der Waals surface area contributed by atoms with Crippen LogP contribution < -0.4 is 27.0 Å². The van der Waals surface area contributed by atoms with Crippen molar-refractivity contribution in [1.82, 2.24) is 30.7 Å². The van der Waals surface area contributed by atoms with Gasteiger partial charge in [-0.1, -0.05) is 58.0 Å². The van der Waals surface area contributed by atoms with Crippen molar-refractivity contribution in [3.63, 3.8) is 0 Å². The minimum Gasteiger partial charge on any atom is -0.481 e. The molecule has 79 heavy (non-hydrogen) atoms. The van der Waals surface area contributed by atoms with Crippen molar-refractivity contribution in [1.29, 1.82) is 0 Å². The van der Waals surface area contributed by atoms with Crippen molar-refractivity contribution >= 4 is 76.5 Å². The molecule has 0 unspecified atom stereocenters. The van der Waals surface area contributed by atoms with E-state index in [0.29, 0.717) is 17.7 Å². The number of thioether (sulfide) groups is 1. The number of carboxylic acid groups (broad SMARTS) is 2. The van der Waals surface area contributed by atoms with Crippen molar-refractivity contribution in [3.05, 3.63) is 83.7 Å². The van der Waals surface area contributed by atoms with Gasteiger partial charge in [0.15, 0.2) is 11.6 Å². The number of primary amides is 1. The summed E-state index contributed by atoms with van der Waals surface area (Å²) in [6.45, 7) is 10.3. The average molecular weight is 1120 g/mol. The van der Waals surface area contributed by atoms with Crippen LogP contribution in [0.4, 0.5) is 8.78 Å². The molecule has 0 aliphatic heterocycles. The normalized spacial score (nSPS) is 13.2. The summed E-state index contributed by atoms with van der Waals surface area (Å²) in [5.74, 6) is -9.46. The summed E-state index contributed by atoms with van der Waals surface area (Å²) in [5.41, 5.74) is 6.58. The summed E-state index contributed by atoms with van der Waals surface area (Å²) in [6, 6.07) is 9.79. The van der Waals surface area contributed by atoms with Crippen LogP contribution >= 0.6 is 11.8 Å². The van der Waals surface area contributed by atoms with Crippen LogP contribution in [0.2, 0.25) is 0 Å². The Hall–Kier alpha value is -7.30. The van der Waals surface area contributed by atoms with E-state index in [1.165, 1.54) is 20.8 Å². The van der Waals surface area contributed by atoms with E-state index in [1.807, 2.05) is 55.7 Å². The number of nitrogens with one attached hydrogen (secondary N) is 4. The van der Waals surface area contributed by atoms with Crippen molar-refractivity contribution < 1.29 is 71.7 Å². The minimum absolute atomic E-state index is 0.00191. The van der Waals surface area contributed by atoms with Crippen LogP contribution in [-0.2, 0) is 59.3 Å². The number of nitrogens with two attached hydrogens (primary N) is 1. The standard InChI is InChI=1S/C56H75F2N7O13S/c1-34(27-46(68)36(3)61-49(71)17-12-13-35(2)66)54(76)63-43(30-47(59)69)45(67)16-10-11-25-65(51(73)33-79-26-23-48(70)60-24-22-50(72)62-42(55(77)78)20-21-52(74)75)53(56(4,5)6)44-28-38(40-29-39(57)18-19-41(40)58)32-64(44)31-37-14-8-7-9-15-37/h7-9,14-15,18-19,28-29,32,34,36,42-43,53H,10-13,16-17,20-27,30-31,33H2,1-6H3,(H2,59,69)(H,60,70)(H,61,71)(H,62,72)(H,63,76)(H,74,75)(H,77,78)/t34-,36-,42-,43-,53-/m0/s1. The number of Topliss-reactive ketones (excluding diaryl/α,β-unsaturated/α-hetero) is 3. The fourth-order valence-electron chi connectivity index (χ4n) is 8.59. The number of carbonyl (C=O) groups excluding carboxylic acids is 9. The van der Waals surface area contributed by atoms with Gasteiger partial charge < -0.3 is 51.5 Å². The lowest BCUT2D eigenvalue weighted by Gasteiger charge is -2.41. The fourth-order valence-corrected chi connectivity index (χ4v) is 9.41. The van der Waals surface area contributed by atoms with Gasteiger partial charge in [-0.3, -0.25) is 43.2 Å². The molecule has 0 aliphatic rings. The van der Waals surface area contributed by atoms with Crippen LogP contribution in [0.5, 0.6) is 0 Å². The maximum atomic E-state index is 15.4. The maximum Gasteiger partial charge on any atom is 0.326 e. The molecule has 5 atom stereocenters. The molecule has 8 N–H and O–H groups in total. The summed E-state index contributed by atoms with van der Waals surface area (Å²) < 4.78 is 32.0. The number of amides is 6. The van der Waals surface area contributed by atoms with Crippen molar-refractivity contribution in [3.8, 4) is 11.1 Å². The number of carbonyl (C=O) groups is 11.